The van der Waals surface area contributed by atoms with Gasteiger partial charge in [-0.25, -0.2) is 4.68 Å². The highest BCUT2D eigenvalue weighted by Crippen LogP contribution is 2.39. The Balaban J connectivity index is 1.40. The summed E-state index contributed by atoms with van der Waals surface area (Å²) in [6.45, 7) is 1.31. The molecule has 26 heavy (non-hydrogen) atoms. The van der Waals surface area contributed by atoms with Crippen LogP contribution in [-0.2, 0) is 19.5 Å². The summed E-state index contributed by atoms with van der Waals surface area (Å²) in [6, 6.07) is 11.7. The largest absolute Gasteiger partial charge is 0.343 e. The molecule has 2 aliphatic rings. The van der Waals surface area contributed by atoms with Gasteiger partial charge in [0.25, 0.3) is 5.91 Å². The summed E-state index contributed by atoms with van der Waals surface area (Å²) in [5.41, 5.74) is 2.47. The summed E-state index contributed by atoms with van der Waals surface area (Å²) in [4.78, 5) is 12.9. The second-order valence-corrected chi connectivity index (χ2v) is 6.95. The lowest BCUT2D eigenvalue weighted by Crippen LogP contribution is -2.26. The van der Waals surface area contributed by atoms with Gasteiger partial charge >= 0.3 is 0 Å². The molecule has 2 aromatic heterocycles. The topological polar surface area (TPSA) is 77.6 Å². The molecule has 0 bridgehead atoms. The Bertz CT molecular complexity index is 954. The first-order valence-corrected chi connectivity index (χ1v) is 9.14. The van der Waals surface area contributed by atoms with Gasteiger partial charge in [-0.3, -0.25) is 4.79 Å². The zero-order chi connectivity index (χ0) is 17.5. The Morgan fingerprint density at radius 3 is 2.85 bits per heavy atom. The Morgan fingerprint density at radius 1 is 1.19 bits per heavy atom. The van der Waals surface area contributed by atoms with Gasteiger partial charge in [0, 0.05) is 18.9 Å². The smallest absolute Gasteiger partial charge is 0.270 e. The lowest BCUT2D eigenvalue weighted by Gasteiger charge is -2.08. The molecule has 3 aromatic rings. The van der Waals surface area contributed by atoms with Crippen molar-refractivity contribution in [2.75, 3.05) is 0 Å². The number of carbonyl (C=O) groups is 1. The highest BCUT2D eigenvalue weighted by atomic mass is 16.2. The van der Waals surface area contributed by atoms with Gasteiger partial charge < -0.3 is 9.88 Å². The van der Waals surface area contributed by atoms with Gasteiger partial charge in [-0.15, -0.1) is 10.2 Å². The van der Waals surface area contributed by atoms with Crippen molar-refractivity contribution in [3.05, 3.63) is 59.4 Å². The van der Waals surface area contributed by atoms with Crippen LogP contribution < -0.4 is 5.32 Å². The van der Waals surface area contributed by atoms with Crippen LogP contribution in [0.5, 0.6) is 0 Å². The molecule has 0 atom stereocenters. The second-order valence-electron chi connectivity index (χ2n) is 6.95. The van der Waals surface area contributed by atoms with Crippen LogP contribution in [-0.4, -0.2) is 30.5 Å². The molecule has 7 nitrogen and oxygen atoms in total. The van der Waals surface area contributed by atoms with E-state index in [9.17, 15) is 4.79 Å². The van der Waals surface area contributed by atoms with Gasteiger partial charge in [0.05, 0.1) is 17.9 Å². The van der Waals surface area contributed by atoms with E-state index in [1.165, 1.54) is 0 Å². The van der Waals surface area contributed by atoms with E-state index >= 15 is 0 Å². The predicted octanol–water partition coefficient (Wildman–Crippen LogP) is 2.22. The summed E-state index contributed by atoms with van der Waals surface area (Å²) in [7, 11) is 0. The predicted molar refractivity (Wildman–Crippen MR) is 95.1 cm³/mol. The van der Waals surface area contributed by atoms with Crippen molar-refractivity contribution in [1.82, 2.24) is 29.9 Å². The minimum absolute atomic E-state index is 0.136. The van der Waals surface area contributed by atoms with Crippen molar-refractivity contribution in [3.8, 4) is 5.69 Å². The molecule has 0 unspecified atom stereocenters. The van der Waals surface area contributed by atoms with Gasteiger partial charge in [0.1, 0.15) is 11.5 Å². The number of aromatic nitrogens is 5. The minimum Gasteiger partial charge on any atom is -0.343 e. The lowest BCUT2D eigenvalue weighted by atomic mass is 10.2. The van der Waals surface area contributed by atoms with Gasteiger partial charge in [0.2, 0.25) is 0 Å². The van der Waals surface area contributed by atoms with E-state index in [1.54, 1.807) is 4.68 Å². The van der Waals surface area contributed by atoms with E-state index < -0.39 is 0 Å². The molecule has 7 heteroatoms. The molecular formula is C19H20N6O. The third kappa shape index (κ3) is 2.69. The van der Waals surface area contributed by atoms with E-state index in [1.807, 2.05) is 36.4 Å². The van der Waals surface area contributed by atoms with Crippen molar-refractivity contribution < 1.29 is 4.79 Å². The monoisotopic (exact) mass is 348 g/mol. The fourth-order valence-electron chi connectivity index (χ4n) is 3.50. The second kappa shape index (κ2) is 6.09. The first kappa shape index (κ1) is 15.3. The fraction of sp³-hybridized carbons (Fsp3) is 0.368. The highest BCUT2D eigenvalue weighted by Gasteiger charge is 2.29. The standard InChI is InChI=1S/C19H20N6O/c26-19(20-12-18-22-21-17-7-4-10-24(17)18)16-11-15(13-8-9-13)23-25(16)14-5-2-1-3-6-14/h1-3,5-6,11,13H,4,7-10,12H2,(H,20,26). The molecule has 0 spiro atoms. The Kier molecular flexibility index (Phi) is 3.58. The number of benzene rings is 1. The van der Waals surface area contributed by atoms with Gasteiger partial charge in [-0.1, -0.05) is 18.2 Å². The Morgan fingerprint density at radius 2 is 2.04 bits per heavy atom. The number of carbonyl (C=O) groups excluding carboxylic acids is 1. The average Bonchev–Trinajstić information content (AvgIpc) is 3.09. The zero-order valence-electron chi connectivity index (χ0n) is 14.4. The number of fused-ring (bicyclic) bond motifs is 1. The molecule has 1 amide bonds. The number of hydrogen-bond donors (Lipinski definition) is 1. The zero-order valence-corrected chi connectivity index (χ0v) is 14.4. The summed E-state index contributed by atoms with van der Waals surface area (Å²) in [5.74, 6) is 2.19. The maximum absolute atomic E-state index is 12.9. The Hall–Kier alpha value is -2.96. The number of para-hydroxylation sites is 1. The highest BCUT2D eigenvalue weighted by molar-refractivity contribution is 5.93. The molecule has 1 saturated carbocycles. The normalized spacial score (nSPS) is 15.8. The molecule has 1 aromatic carbocycles. The number of hydrogen-bond acceptors (Lipinski definition) is 4. The number of aryl methyl sites for hydroxylation is 1. The van der Waals surface area contributed by atoms with Gasteiger partial charge in [0.15, 0.2) is 5.82 Å². The number of nitrogens with one attached hydrogen (secondary N) is 1. The fourth-order valence-corrected chi connectivity index (χ4v) is 3.50. The number of rotatable bonds is 5. The molecule has 5 rings (SSSR count). The SMILES string of the molecule is O=C(NCc1nnc2n1CCC2)c1cc(C2CC2)nn1-c1ccccc1. The van der Waals surface area contributed by atoms with Gasteiger partial charge in [-0.2, -0.15) is 5.10 Å². The molecule has 132 valence electrons. The average molecular weight is 348 g/mol. The maximum Gasteiger partial charge on any atom is 0.270 e. The van der Waals surface area contributed by atoms with Crippen molar-refractivity contribution in [2.24, 2.45) is 0 Å². The van der Waals surface area contributed by atoms with Crippen LogP contribution >= 0.6 is 0 Å². The maximum atomic E-state index is 12.9. The van der Waals surface area contributed by atoms with Crippen LogP contribution in [0.1, 0.15) is 53.0 Å². The summed E-state index contributed by atoms with van der Waals surface area (Å²) in [5, 5.41) is 16.1. The van der Waals surface area contributed by atoms with Crippen molar-refractivity contribution in [3.63, 3.8) is 0 Å². The molecule has 0 radical (unpaired) electrons. The summed E-state index contributed by atoms with van der Waals surface area (Å²) in [6.07, 6.45) is 4.36. The summed E-state index contributed by atoms with van der Waals surface area (Å²) >= 11 is 0. The molecule has 1 aliphatic heterocycles. The van der Waals surface area contributed by atoms with Crippen molar-refractivity contribution >= 4 is 5.91 Å². The van der Waals surface area contributed by atoms with Crippen molar-refractivity contribution in [1.29, 1.82) is 0 Å². The summed E-state index contributed by atoms with van der Waals surface area (Å²) < 4.78 is 3.85. The van der Waals surface area contributed by atoms with Crippen LogP contribution in [0.3, 0.4) is 0 Å². The lowest BCUT2D eigenvalue weighted by molar-refractivity contribution is 0.0941. The van der Waals surface area contributed by atoms with E-state index in [4.69, 9.17) is 0 Å². The van der Waals surface area contributed by atoms with Gasteiger partial charge in [-0.05, 0) is 37.5 Å². The first-order chi connectivity index (χ1) is 12.8. The van der Waals surface area contributed by atoms with Crippen LogP contribution in [0.15, 0.2) is 36.4 Å². The Labute approximate surface area is 151 Å². The molecule has 1 fully saturated rings. The van der Waals surface area contributed by atoms with E-state index in [2.05, 4.69) is 25.2 Å². The molecule has 3 heterocycles. The molecule has 0 saturated heterocycles. The van der Waals surface area contributed by atoms with Crippen LogP contribution in [0, 0.1) is 0 Å². The van der Waals surface area contributed by atoms with Crippen LogP contribution in [0.25, 0.3) is 5.69 Å². The number of nitrogens with zero attached hydrogens (tertiary/aromatic N) is 5. The number of amides is 1. The minimum atomic E-state index is -0.136. The molecule has 1 aliphatic carbocycles. The quantitative estimate of drug-likeness (QED) is 0.767. The molecular weight excluding hydrogens is 328 g/mol. The van der Waals surface area contributed by atoms with E-state index in [-0.39, 0.29) is 5.91 Å². The third-order valence-electron chi connectivity index (χ3n) is 5.05. The van der Waals surface area contributed by atoms with E-state index in [0.29, 0.717) is 18.2 Å². The molecule has 1 N–H and O–H groups in total. The van der Waals surface area contributed by atoms with E-state index in [0.717, 1.165) is 55.3 Å². The van der Waals surface area contributed by atoms with Crippen LogP contribution in [0.2, 0.25) is 0 Å². The van der Waals surface area contributed by atoms with Crippen LogP contribution in [0.4, 0.5) is 0 Å². The first-order valence-electron chi connectivity index (χ1n) is 9.14. The third-order valence-corrected chi connectivity index (χ3v) is 5.05. The van der Waals surface area contributed by atoms with Crippen molar-refractivity contribution in [2.45, 2.75) is 44.7 Å².